The molecule has 0 saturated carbocycles. The van der Waals surface area contributed by atoms with Crippen LogP contribution in [-0.4, -0.2) is 30.0 Å². The minimum absolute atomic E-state index is 0.336. The summed E-state index contributed by atoms with van der Waals surface area (Å²) < 4.78 is 0. The van der Waals surface area contributed by atoms with E-state index >= 15 is 0 Å². The number of nitrogens with zero attached hydrogens (tertiary/aromatic N) is 2. The third-order valence-corrected chi connectivity index (χ3v) is 4.02. The topological polar surface area (TPSA) is 28.2 Å². The van der Waals surface area contributed by atoms with Crippen LogP contribution >= 0.6 is 0 Å². The molecule has 2 rings (SSSR count). The highest BCUT2D eigenvalue weighted by Crippen LogP contribution is 2.23. The number of benzene rings is 1. The molecule has 1 heterocycles. The molecule has 0 spiro atoms. The van der Waals surface area contributed by atoms with Crippen molar-refractivity contribution in [3.63, 3.8) is 0 Å². The zero-order valence-corrected chi connectivity index (χ0v) is 13.2. The molecular formula is C18H25N3. The molecule has 1 N–H and O–H groups in total. The Morgan fingerprint density at radius 3 is 2.33 bits per heavy atom. The Balaban J connectivity index is 2.13. The fourth-order valence-corrected chi connectivity index (χ4v) is 2.94. The van der Waals surface area contributed by atoms with Crippen LogP contribution in [0.5, 0.6) is 0 Å². The second-order valence-corrected chi connectivity index (χ2v) is 5.42. The summed E-state index contributed by atoms with van der Waals surface area (Å²) in [6.07, 6.45) is 4.82. The Hall–Kier alpha value is -1.71. The molecule has 1 aromatic carbocycles. The van der Waals surface area contributed by atoms with Gasteiger partial charge in [-0.15, -0.1) is 0 Å². The maximum atomic E-state index is 4.09. The first-order chi connectivity index (χ1) is 10.3. The van der Waals surface area contributed by atoms with Gasteiger partial charge in [0.25, 0.3) is 0 Å². The van der Waals surface area contributed by atoms with Gasteiger partial charge in [0, 0.05) is 31.0 Å². The van der Waals surface area contributed by atoms with E-state index in [0.29, 0.717) is 12.1 Å². The summed E-state index contributed by atoms with van der Waals surface area (Å²) >= 11 is 0. The molecule has 2 atom stereocenters. The van der Waals surface area contributed by atoms with E-state index in [4.69, 9.17) is 0 Å². The van der Waals surface area contributed by atoms with Gasteiger partial charge in [0.05, 0.1) is 0 Å². The van der Waals surface area contributed by atoms with Crippen LogP contribution in [0.2, 0.25) is 0 Å². The lowest BCUT2D eigenvalue weighted by Gasteiger charge is -2.34. The van der Waals surface area contributed by atoms with Gasteiger partial charge >= 0.3 is 0 Å². The van der Waals surface area contributed by atoms with Crippen molar-refractivity contribution in [1.82, 2.24) is 15.2 Å². The van der Waals surface area contributed by atoms with Gasteiger partial charge < -0.3 is 5.32 Å². The Kier molecular flexibility index (Phi) is 5.90. The lowest BCUT2D eigenvalue weighted by Crippen LogP contribution is -2.41. The molecular weight excluding hydrogens is 258 g/mol. The summed E-state index contributed by atoms with van der Waals surface area (Å²) in [7, 11) is 4.24. The van der Waals surface area contributed by atoms with Crippen molar-refractivity contribution in [2.45, 2.75) is 32.0 Å². The number of likely N-dealkylation sites (N-methyl/N-ethyl adjacent to an activating group) is 2. The minimum Gasteiger partial charge on any atom is -0.312 e. The van der Waals surface area contributed by atoms with Gasteiger partial charge in [-0.2, -0.15) is 0 Å². The molecule has 112 valence electrons. The summed E-state index contributed by atoms with van der Waals surface area (Å²) in [6.45, 7) is 3.19. The van der Waals surface area contributed by atoms with Crippen LogP contribution in [0.25, 0.3) is 0 Å². The van der Waals surface area contributed by atoms with E-state index in [0.717, 1.165) is 13.0 Å². The van der Waals surface area contributed by atoms with Crippen molar-refractivity contribution >= 4 is 0 Å². The van der Waals surface area contributed by atoms with Crippen LogP contribution in [0, 0.1) is 0 Å². The molecule has 0 saturated heterocycles. The zero-order valence-electron chi connectivity index (χ0n) is 13.2. The molecule has 0 radical (unpaired) electrons. The predicted molar refractivity (Wildman–Crippen MR) is 88.0 cm³/mol. The Morgan fingerprint density at radius 2 is 1.76 bits per heavy atom. The Labute approximate surface area is 128 Å². The first-order valence-corrected chi connectivity index (χ1v) is 7.57. The summed E-state index contributed by atoms with van der Waals surface area (Å²) in [5.41, 5.74) is 2.64. The number of hydrogen-bond donors (Lipinski definition) is 1. The quantitative estimate of drug-likeness (QED) is 0.845. The molecule has 3 nitrogen and oxygen atoms in total. The van der Waals surface area contributed by atoms with E-state index in [1.807, 2.05) is 19.4 Å². The number of hydrogen-bond acceptors (Lipinski definition) is 3. The van der Waals surface area contributed by atoms with Gasteiger partial charge in [-0.1, -0.05) is 37.3 Å². The fraction of sp³-hybridized carbons (Fsp3) is 0.389. The number of aromatic nitrogens is 1. The average Bonchev–Trinajstić information content (AvgIpc) is 2.54. The van der Waals surface area contributed by atoms with Crippen molar-refractivity contribution in [3.05, 3.63) is 66.0 Å². The third kappa shape index (κ3) is 4.13. The summed E-state index contributed by atoms with van der Waals surface area (Å²) in [6, 6.07) is 15.6. The van der Waals surface area contributed by atoms with Crippen molar-refractivity contribution in [2.75, 3.05) is 14.1 Å². The van der Waals surface area contributed by atoms with Crippen LogP contribution < -0.4 is 5.32 Å². The standard InChI is InChI=1S/C18H25N3/c1-4-17(18(19-2)16-8-6-5-7-9-16)21(3)14-15-10-12-20-13-11-15/h5-13,17-19H,4,14H2,1-3H3. The van der Waals surface area contributed by atoms with Crippen molar-refractivity contribution in [3.8, 4) is 0 Å². The summed E-state index contributed by atoms with van der Waals surface area (Å²) in [5.74, 6) is 0. The van der Waals surface area contributed by atoms with Crippen LogP contribution in [0.1, 0.15) is 30.5 Å². The van der Waals surface area contributed by atoms with E-state index in [2.05, 4.69) is 71.6 Å². The van der Waals surface area contributed by atoms with Crippen LogP contribution in [0.15, 0.2) is 54.9 Å². The highest BCUT2D eigenvalue weighted by Gasteiger charge is 2.23. The Morgan fingerprint density at radius 1 is 1.10 bits per heavy atom. The van der Waals surface area contributed by atoms with Crippen LogP contribution in [-0.2, 0) is 6.54 Å². The largest absolute Gasteiger partial charge is 0.312 e. The molecule has 2 aromatic rings. The SMILES string of the molecule is CCC(C(NC)c1ccccc1)N(C)Cc1ccncc1. The molecule has 3 heteroatoms. The lowest BCUT2D eigenvalue weighted by atomic mass is 9.96. The van der Waals surface area contributed by atoms with Crippen LogP contribution in [0.3, 0.4) is 0 Å². The van der Waals surface area contributed by atoms with E-state index in [-0.39, 0.29) is 0 Å². The van der Waals surface area contributed by atoms with E-state index in [1.165, 1.54) is 11.1 Å². The molecule has 21 heavy (non-hydrogen) atoms. The van der Waals surface area contributed by atoms with Crippen molar-refractivity contribution in [2.24, 2.45) is 0 Å². The monoisotopic (exact) mass is 283 g/mol. The fourth-order valence-electron chi connectivity index (χ4n) is 2.94. The number of rotatable bonds is 7. The molecule has 0 amide bonds. The van der Waals surface area contributed by atoms with Gasteiger partial charge in [0.1, 0.15) is 0 Å². The summed E-state index contributed by atoms with van der Waals surface area (Å²) in [5, 5.41) is 3.48. The second-order valence-electron chi connectivity index (χ2n) is 5.42. The zero-order chi connectivity index (χ0) is 15.1. The van der Waals surface area contributed by atoms with E-state index < -0.39 is 0 Å². The highest BCUT2D eigenvalue weighted by atomic mass is 15.2. The molecule has 0 fully saturated rings. The molecule has 0 aliphatic rings. The maximum absolute atomic E-state index is 4.09. The van der Waals surface area contributed by atoms with Gasteiger partial charge in [0.15, 0.2) is 0 Å². The molecule has 2 unspecified atom stereocenters. The molecule has 0 bridgehead atoms. The van der Waals surface area contributed by atoms with Crippen molar-refractivity contribution in [1.29, 1.82) is 0 Å². The molecule has 0 aliphatic carbocycles. The minimum atomic E-state index is 0.336. The van der Waals surface area contributed by atoms with Crippen LogP contribution in [0.4, 0.5) is 0 Å². The van der Waals surface area contributed by atoms with E-state index in [1.54, 1.807) is 0 Å². The predicted octanol–water partition coefficient (Wildman–Crippen LogP) is 3.25. The highest BCUT2D eigenvalue weighted by molar-refractivity contribution is 5.21. The summed E-state index contributed by atoms with van der Waals surface area (Å²) in [4.78, 5) is 6.51. The normalized spacial score (nSPS) is 14.1. The number of pyridine rings is 1. The van der Waals surface area contributed by atoms with Gasteiger partial charge in [-0.25, -0.2) is 0 Å². The first kappa shape index (κ1) is 15.7. The second kappa shape index (κ2) is 7.91. The first-order valence-electron chi connectivity index (χ1n) is 7.57. The molecule has 0 aliphatic heterocycles. The maximum Gasteiger partial charge on any atom is 0.0475 e. The lowest BCUT2D eigenvalue weighted by molar-refractivity contribution is 0.183. The van der Waals surface area contributed by atoms with E-state index in [9.17, 15) is 0 Å². The third-order valence-electron chi connectivity index (χ3n) is 4.02. The smallest absolute Gasteiger partial charge is 0.0475 e. The number of nitrogens with one attached hydrogen (secondary N) is 1. The van der Waals surface area contributed by atoms with Crippen molar-refractivity contribution < 1.29 is 0 Å². The van der Waals surface area contributed by atoms with Gasteiger partial charge in [-0.3, -0.25) is 9.88 Å². The van der Waals surface area contributed by atoms with Gasteiger partial charge in [-0.05, 0) is 43.8 Å². The molecule has 1 aromatic heterocycles. The van der Waals surface area contributed by atoms with Gasteiger partial charge in [0.2, 0.25) is 0 Å². The Bertz CT molecular complexity index is 513. The average molecular weight is 283 g/mol.